The van der Waals surface area contributed by atoms with Crippen LogP contribution in [0.1, 0.15) is 99.6 Å². The molecule has 2 aromatic carbocycles. The molecule has 4 aromatic rings. The average molecular weight is 901 g/mol. The number of hydrogen-bond acceptors (Lipinski definition) is 6. The molecule has 2 saturated carbocycles. The van der Waals surface area contributed by atoms with E-state index in [-0.39, 0.29) is 30.1 Å². The first-order chi connectivity index (χ1) is 23.0. The zero-order chi connectivity index (χ0) is 35.8. The Labute approximate surface area is 320 Å². The summed E-state index contributed by atoms with van der Waals surface area (Å²) >= 11 is 4.24. The summed E-state index contributed by atoms with van der Waals surface area (Å²) in [6.07, 6.45) is 12.4. The number of benzene rings is 2. The molecule has 2 aliphatic carbocycles. The topological polar surface area (TPSA) is 102 Å². The van der Waals surface area contributed by atoms with E-state index < -0.39 is 11.2 Å². The first-order valence-electron chi connectivity index (χ1n) is 17.3. The van der Waals surface area contributed by atoms with Gasteiger partial charge in [-0.2, -0.15) is 10.2 Å². The van der Waals surface area contributed by atoms with Crippen LogP contribution in [0.25, 0.3) is 0 Å². The van der Waals surface area contributed by atoms with Gasteiger partial charge in [-0.15, -0.1) is 0 Å². The second kappa shape index (κ2) is 21.5. The predicted molar refractivity (Wildman–Crippen MR) is 221 cm³/mol. The third-order valence-corrected chi connectivity index (χ3v) is 10.3. The number of rotatable bonds is 8. The molecule has 0 aliphatic heterocycles. The first kappa shape index (κ1) is 45.1. The van der Waals surface area contributed by atoms with Gasteiger partial charge in [-0.25, -0.2) is 9.97 Å². The number of halogens is 2. The predicted octanol–water partition coefficient (Wildman–Crippen LogP) is 9.84. The van der Waals surface area contributed by atoms with Crippen LogP contribution in [0.5, 0.6) is 0 Å². The van der Waals surface area contributed by atoms with Crippen LogP contribution >= 0.6 is 37.2 Å². The van der Waals surface area contributed by atoms with Crippen LogP contribution in [0.4, 0.5) is 0 Å². The van der Waals surface area contributed by atoms with Crippen molar-refractivity contribution in [1.82, 2.24) is 29.5 Å². The minimum Gasteiger partial charge on any atom is -0.387 e. The summed E-state index contributed by atoms with van der Waals surface area (Å²) < 4.78 is 3.51. The van der Waals surface area contributed by atoms with E-state index in [0.29, 0.717) is 13.1 Å². The molecule has 0 radical (unpaired) electrons. The van der Waals surface area contributed by atoms with Gasteiger partial charge in [0.25, 0.3) is 0 Å². The standard InChI is InChI=1S/2C17H23N3O.2C2H6.CH4.I2/c2*1-16(2)9-8-15(10-14-6-4-3-5-7-14)17(16,21)11-20-13-18-12-19-20;2*1-2;;1-2/h2*3-7,12-13,15,21H,8-11H2,1-2H3;2*1-2H3;1H4;. The lowest BCUT2D eigenvalue weighted by Crippen LogP contribution is -2.49. The summed E-state index contributed by atoms with van der Waals surface area (Å²) in [6, 6.07) is 20.9. The van der Waals surface area contributed by atoms with Crippen molar-refractivity contribution in [2.45, 2.75) is 126 Å². The van der Waals surface area contributed by atoms with Crippen molar-refractivity contribution in [2.75, 3.05) is 0 Å². The van der Waals surface area contributed by atoms with Crippen LogP contribution in [-0.4, -0.2) is 50.9 Å². The Balaban J connectivity index is 0.000000418. The van der Waals surface area contributed by atoms with Gasteiger partial charge in [-0.1, -0.05) is 123 Å². The molecular weight excluding hydrogens is 838 g/mol. The van der Waals surface area contributed by atoms with Gasteiger partial charge in [0.1, 0.15) is 25.3 Å². The quantitative estimate of drug-likeness (QED) is 0.171. The Bertz CT molecular complexity index is 1280. The Kier molecular flexibility index (Phi) is 19.8. The highest BCUT2D eigenvalue weighted by molar-refractivity contribution is 15.0. The lowest BCUT2D eigenvalue weighted by molar-refractivity contribution is -0.0908. The van der Waals surface area contributed by atoms with Gasteiger partial charge in [0.15, 0.2) is 0 Å². The molecule has 0 saturated heterocycles. The fourth-order valence-electron chi connectivity index (χ4n) is 7.23. The second-order valence-corrected chi connectivity index (χ2v) is 13.7. The molecule has 2 heterocycles. The van der Waals surface area contributed by atoms with Crippen molar-refractivity contribution in [2.24, 2.45) is 22.7 Å². The number of nitrogens with zero attached hydrogens (tertiary/aromatic N) is 6. The van der Waals surface area contributed by atoms with Crippen molar-refractivity contribution in [3.63, 3.8) is 0 Å². The summed E-state index contributed by atoms with van der Waals surface area (Å²) in [4.78, 5) is 7.99. The maximum absolute atomic E-state index is 11.4. The number of hydrogen-bond donors (Lipinski definition) is 2. The molecule has 2 N–H and O–H groups in total. The van der Waals surface area contributed by atoms with Crippen molar-refractivity contribution >= 4 is 37.2 Å². The molecule has 274 valence electrons. The van der Waals surface area contributed by atoms with E-state index >= 15 is 0 Å². The number of aromatic nitrogens is 6. The summed E-state index contributed by atoms with van der Waals surface area (Å²) in [5.41, 5.74) is 0.846. The van der Waals surface area contributed by atoms with Crippen LogP contribution in [-0.2, 0) is 25.9 Å². The van der Waals surface area contributed by atoms with E-state index in [1.807, 2.05) is 39.8 Å². The number of aliphatic hydroxyl groups is 2. The molecule has 0 spiro atoms. The molecule has 4 unspecified atom stereocenters. The van der Waals surface area contributed by atoms with Crippen LogP contribution in [0.2, 0.25) is 0 Å². The minimum atomic E-state index is -0.753. The molecule has 0 amide bonds. The van der Waals surface area contributed by atoms with E-state index in [4.69, 9.17) is 0 Å². The zero-order valence-corrected chi connectivity index (χ0v) is 34.5. The molecule has 2 aliphatic rings. The molecule has 6 rings (SSSR count). The monoisotopic (exact) mass is 900 g/mol. The van der Waals surface area contributed by atoms with Gasteiger partial charge in [0.2, 0.25) is 0 Å². The molecule has 2 aromatic heterocycles. The summed E-state index contributed by atoms with van der Waals surface area (Å²) in [7, 11) is 0. The van der Waals surface area contributed by atoms with E-state index in [0.717, 1.165) is 38.5 Å². The summed E-state index contributed by atoms with van der Waals surface area (Å²) in [5, 5.41) is 31.2. The largest absolute Gasteiger partial charge is 0.387 e. The Morgan fingerprint density at radius 3 is 1.24 bits per heavy atom. The van der Waals surface area contributed by atoms with Crippen molar-refractivity contribution in [1.29, 1.82) is 0 Å². The Morgan fingerprint density at radius 2 is 0.959 bits per heavy atom. The highest BCUT2D eigenvalue weighted by Crippen LogP contribution is 2.52. The maximum Gasteiger partial charge on any atom is 0.137 e. The average Bonchev–Trinajstić information content (AvgIpc) is 3.90. The lowest BCUT2D eigenvalue weighted by atomic mass is 9.72. The first-order valence-corrected chi connectivity index (χ1v) is 23.6. The lowest BCUT2D eigenvalue weighted by Gasteiger charge is -2.40. The van der Waals surface area contributed by atoms with E-state index in [2.05, 4.69) is 134 Å². The van der Waals surface area contributed by atoms with Crippen molar-refractivity contribution in [3.05, 3.63) is 97.1 Å². The van der Waals surface area contributed by atoms with Crippen molar-refractivity contribution < 1.29 is 10.2 Å². The molecule has 10 heteroatoms. The smallest absolute Gasteiger partial charge is 0.137 e. The SMILES string of the molecule is C.CC.CC.CC1(C)CCC(Cc2ccccc2)C1(O)Cn1cncn1.CC1(C)CCC(Cc2ccccc2)C1(O)Cn1cncn1.II. The van der Waals surface area contributed by atoms with Crippen LogP contribution in [0.3, 0.4) is 0 Å². The third-order valence-electron chi connectivity index (χ3n) is 10.3. The fourth-order valence-corrected chi connectivity index (χ4v) is 7.23. The second-order valence-electron chi connectivity index (χ2n) is 13.7. The van der Waals surface area contributed by atoms with Gasteiger partial charge in [0, 0.05) is 37.2 Å². The minimum absolute atomic E-state index is 0. The van der Waals surface area contributed by atoms with Crippen LogP contribution in [0.15, 0.2) is 86.0 Å². The molecule has 4 atom stereocenters. The molecule has 2 fully saturated rings. The van der Waals surface area contributed by atoms with Gasteiger partial charge >= 0.3 is 0 Å². The van der Waals surface area contributed by atoms with Crippen molar-refractivity contribution in [3.8, 4) is 0 Å². The van der Waals surface area contributed by atoms with Gasteiger partial charge in [-0.05, 0) is 72.3 Å². The maximum atomic E-state index is 11.4. The van der Waals surface area contributed by atoms with Crippen LogP contribution in [0, 0.1) is 22.7 Å². The molecule has 0 bridgehead atoms. The summed E-state index contributed by atoms with van der Waals surface area (Å²) in [6.45, 7) is 17.7. The Morgan fingerprint density at radius 1 is 0.633 bits per heavy atom. The summed E-state index contributed by atoms with van der Waals surface area (Å²) in [5.74, 6) is 0.498. The fraction of sp³-hybridized carbons (Fsp3) is 0.590. The van der Waals surface area contributed by atoms with Gasteiger partial charge in [-0.3, -0.25) is 9.36 Å². The zero-order valence-electron chi connectivity index (χ0n) is 30.2. The molecule has 49 heavy (non-hydrogen) atoms. The highest BCUT2D eigenvalue weighted by Gasteiger charge is 2.55. The van der Waals surface area contributed by atoms with E-state index in [1.165, 1.54) is 23.8 Å². The van der Waals surface area contributed by atoms with Gasteiger partial charge in [0.05, 0.1) is 24.3 Å². The Hall–Kier alpha value is -1.90. The van der Waals surface area contributed by atoms with E-state index in [1.54, 1.807) is 22.0 Å². The normalized spacial score (nSPS) is 24.2. The van der Waals surface area contributed by atoms with Crippen LogP contribution < -0.4 is 0 Å². The van der Waals surface area contributed by atoms with E-state index in [9.17, 15) is 10.2 Å². The highest BCUT2D eigenvalue weighted by atomic mass is 128. The van der Waals surface area contributed by atoms with Gasteiger partial charge < -0.3 is 10.2 Å². The molecular formula is C39H62I2N6O2. The molecule has 8 nitrogen and oxygen atoms in total. The third kappa shape index (κ3) is 11.6.